The molecule has 0 radical (unpaired) electrons. The van der Waals surface area contributed by atoms with Crippen LogP contribution >= 0.6 is 24.4 Å². The van der Waals surface area contributed by atoms with Crippen LogP contribution in [0, 0.1) is 5.92 Å². The second-order valence-electron chi connectivity index (χ2n) is 3.20. The SMILES string of the molecule is CC(C)CSc1ccc(S)cc1. The van der Waals surface area contributed by atoms with Gasteiger partial charge in [-0.25, -0.2) is 0 Å². The molecular formula is C10H14S2. The molecule has 0 atom stereocenters. The summed E-state index contributed by atoms with van der Waals surface area (Å²) in [5.74, 6) is 1.94. The topological polar surface area (TPSA) is 0 Å². The Balaban J connectivity index is 2.48. The Bertz CT molecular complexity index is 226. The number of benzene rings is 1. The molecule has 0 saturated carbocycles. The Morgan fingerprint density at radius 3 is 2.33 bits per heavy atom. The first-order valence-corrected chi connectivity index (χ1v) is 5.53. The van der Waals surface area contributed by atoms with Gasteiger partial charge >= 0.3 is 0 Å². The van der Waals surface area contributed by atoms with Crippen molar-refractivity contribution < 1.29 is 0 Å². The second-order valence-corrected chi connectivity index (χ2v) is 4.81. The standard InChI is InChI=1S/C10H14S2/c1-8(2)7-12-10-5-3-9(11)4-6-10/h3-6,8,11H,7H2,1-2H3. The minimum atomic E-state index is 0.755. The van der Waals surface area contributed by atoms with Crippen molar-refractivity contribution in [1.29, 1.82) is 0 Å². The minimum Gasteiger partial charge on any atom is -0.143 e. The van der Waals surface area contributed by atoms with Gasteiger partial charge < -0.3 is 0 Å². The Labute approximate surface area is 84.2 Å². The predicted octanol–water partition coefficient (Wildman–Crippen LogP) is 3.72. The van der Waals surface area contributed by atoms with Gasteiger partial charge in [0.05, 0.1) is 0 Å². The molecule has 0 aliphatic heterocycles. The van der Waals surface area contributed by atoms with Gasteiger partial charge in [0.15, 0.2) is 0 Å². The predicted molar refractivity (Wildman–Crippen MR) is 59.3 cm³/mol. The van der Waals surface area contributed by atoms with E-state index in [0.29, 0.717) is 0 Å². The van der Waals surface area contributed by atoms with Crippen LogP contribution in [0.4, 0.5) is 0 Å². The van der Waals surface area contributed by atoms with Gasteiger partial charge in [0.2, 0.25) is 0 Å². The van der Waals surface area contributed by atoms with Crippen molar-refractivity contribution in [3.8, 4) is 0 Å². The minimum absolute atomic E-state index is 0.755. The summed E-state index contributed by atoms with van der Waals surface area (Å²) in [6, 6.07) is 8.31. The Morgan fingerprint density at radius 2 is 1.83 bits per heavy atom. The van der Waals surface area contributed by atoms with Crippen molar-refractivity contribution in [3.63, 3.8) is 0 Å². The first-order valence-electron chi connectivity index (χ1n) is 4.10. The summed E-state index contributed by atoms with van der Waals surface area (Å²) >= 11 is 6.13. The number of hydrogen-bond acceptors (Lipinski definition) is 2. The highest BCUT2D eigenvalue weighted by Gasteiger charge is 1.96. The lowest BCUT2D eigenvalue weighted by Crippen LogP contribution is -1.89. The highest BCUT2D eigenvalue weighted by molar-refractivity contribution is 7.99. The molecule has 1 aromatic rings. The van der Waals surface area contributed by atoms with Crippen LogP contribution in [0.15, 0.2) is 34.1 Å². The number of thiol groups is 1. The molecule has 12 heavy (non-hydrogen) atoms. The molecule has 0 nitrogen and oxygen atoms in total. The molecule has 0 aliphatic carbocycles. The summed E-state index contributed by atoms with van der Waals surface area (Å²) in [5.41, 5.74) is 0. The Morgan fingerprint density at radius 1 is 1.25 bits per heavy atom. The number of thioether (sulfide) groups is 1. The summed E-state index contributed by atoms with van der Waals surface area (Å²) in [7, 11) is 0. The van der Waals surface area contributed by atoms with Crippen LogP contribution in [0.25, 0.3) is 0 Å². The second kappa shape index (κ2) is 4.83. The van der Waals surface area contributed by atoms with Crippen LogP contribution in [0.2, 0.25) is 0 Å². The molecule has 0 N–H and O–H groups in total. The normalized spacial score (nSPS) is 10.7. The largest absolute Gasteiger partial charge is 0.143 e. The summed E-state index contributed by atoms with van der Waals surface area (Å²) in [5, 5.41) is 0. The van der Waals surface area contributed by atoms with Gasteiger partial charge in [-0.05, 0) is 30.2 Å². The Hall–Kier alpha value is -0.0800. The molecule has 0 saturated heterocycles. The van der Waals surface area contributed by atoms with Gasteiger partial charge in [-0.1, -0.05) is 13.8 Å². The third-order valence-electron chi connectivity index (χ3n) is 1.42. The highest BCUT2D eigenvalue weighted by atomic mass is 32.2. The van der Waals surface area contributed by atoms with E-state index in [1.54, 1.807) is 0 Å². The number of hydrogen-bond donors (Lipinski definition) is 1. The van der Waals surface area contributed by atoms with Crippen LogP contribution in [-0.4, -0.2) is 5.75 Å². The molecule has 1 rings (SSSR count). The third-order valence-corrected chi connectivity index (χ3v) is 3.16. The molecular weight excluding hydrogens is 184 g/mol. The molecule has 0 unspecified atom stereocenters. The van der Waals surface area contributed by atoms with Gasteiger partial charge in [-0.2, -0.15) is 0 Å². The van der Waals surface area contributed by atoms with Crippen molar-refractivity contribution in [2.75, 3.05) is 5.75 Å². The highest BCUT2D eigenvalue weighted by Crippen LogP contribution is 2.21. The van der Waals surface area contributed by atoms with E-state index < -0.39 is 0 Å². The van der Waals surface area contributed by atoms with Crippen molar-refractivity contribution in [2.24, 2.45) is 5.92 Å². The summed E-state index contributed by atoms with van der Waals surface area (Å²) in [4.78, 5) is 2.37. The zero-order valence-electron chi connectivity index (χ0n) is 7.45. The molecule has 0 aliphatic rings. The maximum Gasteiger partial charge on any atom is 0.00728 e. The smallest absolute Gasteiger partial charge is 0.00728 e. The maximum absolute atomic E-state index is 4.23. The van der Waals surface area contributed by atoms with Crippen molar-refractivity contribution in [1.82, 2.24) is 0 Å². The van der Waals surface area contributed by atoms with Crippen molar-refractivity contribution >= 4 is 24.4 Å². The molecule has 0 heterocycles. The van der Waals surface area contributed by atoms with Crippen LogP contribution in [0.1, 0.15) is 13.8 Å². The fourth-order valence-electron chi connectivity index (χ4n) is 0.805. The third kappa shape index (κ3) is 3.55. The molecule has 0 spiro atoms. The van der Waals surface area contributed by atoms with Gasteiger partial charge in [0, 0.05) is 15.5 Å². The molecule has 0 aromatic heterocycles. The number of rotatable bonds is 3. The average Bonchev–Trinajstić information content (AvgIpc) is 2.03. The lowest BCUT2D eigenvalue weighted by Gasteiger charge is -2.03. The first kappa shape index (κ1) is 10.0. The fourth-order valence-corrected chi connectivity index (χ4v) is 1.81. The van der Waals surface area contributed by atoms with E-state index in [4.69, 9.17) is 0 Å². The molecule has 2 heteroatoms. The summed E-state index contributed by atoms with van der Waals surface area (Å²) in [6.07, 6.45) is 0. The summed E-state index contributed by atoms with van der Waals surface area (Å²) < 4.78 is 0. The monoisotopic (exact) mass is 198 g/mol. The lowest BCUT2D eigenvalue weighted by molar-refractivity contribution is 0.750. The van der Waals surface area contributed by atoms with E-state index >= 15 is 0 Å². The van der Waals surface area contributed by atoms with Crippen LogP contribution < -0.4 is 0 Å². The maximum atomic E-state index is 4.23. The van der Waals surface area contributed by atoms with Gasteiger partial charge in [-0.15, -0.1) is 24.4 Å². The van der Waals surface area contributed by atoms with Crippen molar-refractivity contribution in [2.45, 2.75) is 23.6 Å². The molecule has 0 bridgehead atoms. The quantitative estimate of drug-likeness (QED) is 0.570. The van der Waals surface area contributed by atoms with Gasteiger partial charge in [-0.3, -0.25) is 0 Å². The zero-order valence-corrected chi connectivity index (χ0v) is 9.16. The average molecular weight is 198 g/mol. The van der Waals surface area contributed by atoms with Crippen molar-refractivity contribution in [3.05, 3.63) is 24.3 Å². The molecule has 1 aromatic carbocycles. The molecule has 0 amide bonds. The van der Waals surface area contributed by atoms with Gasteiger partial charge in [0.1, 0.15) is 0 Å². The zero-order chi connectivity index (χ0) is 8.97. The van der Waals surface area contributed by atoms with Gasteiger partial charge in [0.25, 0.3) is 0 Å². The van der Waals surface area contributed by atoms with E-state index in [0.717, 1.165) is 10.8 Å². The van der Waals surface area contributed by atoms with E-state index in [1.807, 2.05) is 23.9 Å². The van der Waals surface area contributed by atoms with Crippen LogP contribution in [0.3, 0.4) is 0 Å². The summed E-state index contributed by atoms with van der Waals surface area (Å²) in [6.45, 7) is 4.47. The first-order chi connectivity index (χ1) is 5.68. The lowest BCUT2D eigenvalue weighted by atomic mass is 10.3. The fraction of sp³-hybridized carbons (Fsp3) is 0.400. The van der Waals surface area contributed by atoms with Crippen LogP contribution in [-0.2, 0) is 0 Å². The van der Waals surface area contributed by atoms with E-state index in [2.05, 4.69) is 38.6 Å². The van der Waals surface area contributed by atoms with E-state index in [9.17, 15) is 0 Å². The Kier molecular flexibility index (Phi) is 4.02. The molecule has 66 valence electrons. The van der Waals surface area contributed by atoms with E-state index in [-0.39, 0.29) is 0 Å². The molecule has 0 fully saturated rings. The van der Waals surface area contributed by atoms with Crippen LogP contribution in [0.5, 0.6) is 0 Å². The van der Waals surface area contributed by atoms with E-state index in [1.165, 1.54) is 10.6 Å².